The smallest absolute Gasteiger partial charge is 0.123 e. The molecule has 3 heteroatoms. The van der Waals surface area contributed by atoms with E-state index in [-0.39, 0.29) is 11.6 Å². The minimum Gasteiger partial charge on any atom is -0.508 e. The highest BCUT2D eigenvalue weighted by atomic mass is 19.1. The second-order valence-electron chi connectivity index (χ2n) is 3.96. The zero-order valence-corrected chi connectivity index (χ0v) is 9.60. The minimum absolute atomic E-state index is 0.120. The molecule has 2 aromatic rings. The molecule has 2 nitrogen and oxygen atoms in total. The van der Waals surface area contributed by atoms with Crippen molar-refractivity contribution in [3.05, 3.63) is 59.9 Å². The molecule has 0 aliphatic rings. The highest BCUT2D eigenvalue weighted by molar-refractivity contribution is 5.47. The Morgan fingerprint density at radius 1 is 1.12 bits per heavy atom. The molecule has 0 aliphatic carbocycles. The molecule has 0 spiro atoms. The molecule has 0 fully saturated rings. The minimum atomic E-state index is -0.334. The van der Waals surface area contributed by atoms with Gasteiger partial charge in [0.15, 0.2) is 0 Å². The van der Waals surface area contributed by atoms with Crippen molar-refractivity contribution in [2.45, 2.75) is 6.54 Å². The van der Waals surface area contributed by atoms with Gasteiger partial charge in [-0.05, 0) is 30.3 Å². The molecule has 2 aromatic carbocycles. The summed E-state index contributed by atoms with van der Waals surface area (Å²) in [5.74, 6) is -0.214. The second-order valence-corrected chi connectivity index (χ2v) is 3.96. The number of rotatable bonds is 3. The van der Waals surface area contributed by atoms with Crippen LogP contribution in [0.25, 0.3) is 0 Å². The SMILES string of the molecule is CN(Cc1cc(F)ccc1O)c1ccccc1. The number of hydrogen-bond donors (Lipinski definition) is 1. The Bertz CT molecular complexity index is 499. The number of benzene rings is 2. The molecule has 88 valence electrons. The van der Waals surface area contributed by atoms with Crippen LogP contribution in [0.15, 0.2) is 48.5 Å². The molecule has 0 unspecified atom stereocenters. The summed E-state index contributed by atoms with van der Waals surface area (Å²) in [5, 5.41) is 9.64. The first-order valence-corrected chi connectivity index (χ1v) is 5.40. The quantitative estimate of drug-likeness (QED) is 0.877. The van der Waals surface area contributed by atoms with Gasteiger partial charge in [-0.2, -0.15) is 0 Å². The van der Waals surface area contributed by atoms with Crippen molar-refractivity contribution in [2.75, 3.05) is 11.9 Å². The highest BCUT2D eigenvalue weighted by Crippen LogP contribution is 2.22. The van der Waals surface area contributed by atoms with Gasteiger partial charge in [0.1, 0.15) is 11.6 Å². The molecule has 0 aromatic heterocycles. The fraction of sp³-hybridized carbons (Fsp3) is 0.143. The predicted molar refractivity (Wildman–Crippen MR) is 66.6 cm³/mol. The van der Waals surface area contributed by atoms with Crippen LogP contribution in [0.5, 0.6) is 5.75 Å². The van der Waals surface area contributed by atoms with E-state index in [1.807, 2.05) is 42.3 Å². The van der Waals surface area contributed by atoms with Gasteiger partial charge in [0.25, 0.3) is 0 Å². The van der Waals surface area contributed by atoms with Gasteiger partial charge in [0.05, 0.1) is 0 Å². The summed E-state index contributed by atoms with van der Waals surface area (Å²) < 4.78 is 13.1. The van der Waals surface area contributed by atoms with Crippen LogP contribution in [-0.4, -0.2) is 12.2 Å². The van der Waals surface area contributed by atoms with Crippen LogP contribution in [0.2, 0.25) is 0 Å². The lowest BCUT2D eigenvalue weighted by molar-refractivity contribution is 0.465. The number of halogens is 1. The second kappa shape index (κ2) is 4.87. The Labute approximate surface area is 99.9 Å². The van der Waals surface area contributed by atoms with Gasteiger partial charge < -0.3 is 10.0 Å². The maximum Gasteiger partial charge on any atom is 0.123 e. The van der Waals surface area contributed by atoms with Crippen LogP contribution >= 0.6 is 0 Å². The van der Waals surface area contributed by atoms with Crippen LogP contribution < -0.4 is 4.90 Å². The standard InChI is InChI=1S/C14H14FNO/c1-16(13-5-3-2-4-6-13)10-11-9-12(15)7-8-14(11)17/h2-9,17H,10H2,1H3. The fourth-order valence-electron chi connectivity index (χ4n) is 1.71. The Hall–Kier alpha value is -2.03. The molecular formula is C14H14FNO. The van der Waals surface area contributed by atoms with Crippen molar-refractivity contribution in [1.29, 1.82) is 0 Å². The maximum absolute atomic E-state index is 13.1. The molecule has 0 saturated heterocycles. The van der Waals surface area contributed by atoms with E-state index in [1.165, 1.54) is 18.2 Å². The maximum atomic E-state index is 13.1. The molecule has 0 radical (unpaired) electrons. The van der Waals surface area contributed by atoms with Crippen LogP contribution in [0, 0.1) is 5.82 Å². The number of phenols is 1. The number of hydrogen-bond acceptors (Lipinski definition) is 2. The lowest BCUT2D eigenvalue weighted by atomic mass is 10.1. The van der Waals surface area contributed by atoms with E-state index >= 15 is 0 Å². The van der Waals surface area contributed by atoms with Crippen LogP contribution in [0.1, 0.15) is 5.56 Å². The number of phenolic OH excluding ortho intramolecular Hbond substituents is 1. The third-order valence-corrected chi connectivity index (χ3v) is 2.65. The summed E-state index contributed by atoms with van der Waals surface area (Å²) >= 11 is 0. The first-order valence-electron chi connectivity index (χ1n) is 5.40. The van der Waals surface area contributed by atoms with Gasteiger partial charge in [0.2, 0.25) is 0 Å². The van der Waals surface area contributed by atoms with Gasteiger partial charge >= 0.3 is 0 Å². The van der Waals surface area contributed by atoms with Crippen molar-refractivity contribution >= 4 is 5.69 Å². The Kier molecular flexibility index (Phi) is 3.28. The lowest BCUT2D eigenvalue weighted by Crippen LogP contribution is -2.16. The summed E-state index contributed by atoms with van der Waals surface area (Å²) in [7, 11) is 1.90. The van der Waals surface area contributed by atoms with Crippen LogP contribution in [0.4, 0.5) is 10.1 Å². The lowest BCUT2D eigenvalue weighted by Gasteiger charge is -2.19. The topological polar surface area (TPSA) is 23.5 Å². The van der Waals surface area contributed by atoms with E-state index in [4.69, 9.17) is 0 Å². The van der Waals surface area contributed by atoms with Crippen LogP contribution in [0.3, 0.4) is 0 Å². The number of anilines is 1. The summed E-state index contributed by atoms with van der Waals surface area (Å²) in [6.07, 6.45) is 0. The molecular weight excluding hydrogens is 217 g/mol. The van der Waals surface area contributed by atoms with Gasteiger partial charge in [-0.25, -0.2) is 4.39 Å². The summed E-state index contributed by atoms with van der Waals surface area (Å²) in [5.41, 5.74) is 1.60. The zero-order chi connectivity index (χ0) is 12.3. The van der Waals surface area contributed by atoms with Gasteiger partial charge in [0, 0.05) is 24.8 Å². The van der Waals surface area contributed by atoms with Gasteiger partial charge in [-0.15, -0.1) is 0 Å². The van der Waals surface area contributed by atoms with Gasteiger partial charge in [-0.3, -0.25) is 0 Å². The van der Waals surface area contributed by atoms with Crippen molar-refractivity contribution in [1.82, 2.24) is 0 Å². The number of aromatic hydroxyl groups is 1. The largest absolute Gasteiger partial charge is 0.508 e. The van der Waals surface area contributed by atoms with Crippen molar-refractivity contribution < 1.29 is 9.50 Å². The van der Waals surface area contributed by atoms with Crippen molar-refractivity contribution in [2.24, 2.45) is 0 Å². The Morgan fingerprint density at radius 3 is 2.53 bits per heavy atom. The molecule has 0 amide bonds. The molecule has 0 heterocycles. The summed E-state index contributed by atoms with van der Waals surface area (Å²) in [4.78, 5) is 1.95. The molecule has 0 saturated carbocycles. The normalized spacial score (nSPS) is 10.2. The van der Waals surface area contributed by atoms with E-state index in [9.17, 15) is 9.50 Å². The van der Waals surface area contributed by atoms with Gasteiger partial charge in [-0.1, -0.05) is 18.2 Å². The van der Waals surface area contributed by atoms with E-state index in [1.54, 1.807) is 0 Å². The van der Waals surface area contributed by atoms with E-state index in [2.05, 4.69) is 0 Å². The van der Waals surface area contributed by atoms with E-state index in [0.29, 0.717) is 12.1 Å². The summed E-state index contributed by atoms with van der Waals surface area (Å²) in [6, 6.07) is 13.7. The average Bonchev–Trinajstić information content (AvgIpc) is 2.35. The summed E-state index contributed by atoms with van der Waals surface area (Å²) in [6.45, 7) is 0.466. The van der Waals surface area contributed by atoms with E-state index < -0.39 is 0 Å². The third kappa shape index (κ3) is 2.75. The molecule has 1 N–H and O–H groups in total. The monoisotopic (exact) mass is 231 g/mol. The fourth-order valence-corrected chi connectivity index (χ4v) is 1.71. The number of nitrogens with zero attached hydrogens (tertiary/aromatic N) is 1. The first kappa shape index (κ1) is 11.5. The molecule has 2 rings (SSSR count). The highest BCUT2D eigenvalue weighted by Gasteiger charge is 2.06. The first-order chi connectivity index (χ1) is 8.16. The number of para-hydroxylation sites is 1. The zero-order valence-electron chi connectivity index (χ0n) is 9.60. The molecule has 0 aliphatic heterocycles. The van der Waals surface area contributed by atoms with Crippen molar-refractivity contribution in [3.8, 4) is 5.75 Å². The van der Waals surface area contributed by atoms with E-state index in [0.717, 1.165) is 5.69 Å². The predicted octanol–water partition coefficient (Wildman–Crippen LogP) is 3.17. The third-order valence-electron chi connectivity index (χ3n) is 2.65. The average molecular weight is 231 g/mol. The van der Waals surface area contributed by atoms with Crippen molar-refractivity contribution in [3.63, 3.8) is 0 Å². The molecule has 0 atom stereocenters. The Morgan fingerprint density at radius 2 is 1.82 bits per heavy atom. The molecule has 17 heavy (non-hydrogen) atoms. The van der Waals surface area contributed by atoms with Crippen LogP contribution in [-0.2, 0) is 6.54 Å². The molecule has 0 bridgehead atoms. The Balaban J connectivity index is 2.18.